The maximum Gasteiger partial charge on any atom is 0.303 e. The fraction of sp³-hybridized carbons (Fsp3) is 0.548. The Kier molecular flexibility index (Phi) is 13.4. The van der Waals surface area contributed by atoms with E-state index >= 15 is 0 Å². The Morgan fingerprint density at radius 2 is 1.53 bits per heavy atom. The van der Waals surface area contributed by atoms with Crippen LogP contribution in [0.1, 0.15) is 39.5 Å². The number of esters is 2. The van der Waals surface area contributed by atoms with Crippen molar-refractivity contribution in [1.29, 1.82) is 0 Å². The van der Waals surface area contributed by atoms with Gasteiger partial charge >= 0.3 is 11.9 Å². The number of hydrogen-bond donors (Lipinski definition) is 2. The maximum atomic E-state index is 12.7. The molecule has 1 aliphatic rings. The van der Waals surface area contributed by atoms with Gasteiger partial charge < -0.3 is 33.2 Å². The molecule has 0 saturated carbocycles. The second-order valence-corrected chi connectivity index (χ2v) is 10.9. The number of fused-ring (bicyclic) bond motifs is 1. The van der Waals surface area contributed by atoms with Gasteiger partial charge in [-0.25, -0.2) is 4.98 Å². The lowest BCUT2D eigenvalue weighted by molar-refractivity contribution is -0.166. The summed E-state index contributed by atoms with van der Waals surface area (Å²) in [5.41, 5.74) is 0.508. The number of nitrogens with one attached hydrogen (secondary N) is 2. The number of carbonyl (C=O) groups excluding carboxylic acids is 3. The molecule has 0 bridgehead atoms. The van der Waals surface area contributed by atoms with Gasteiger partial charge in [0, 0.05) is 19.8 Å². The van der Waals surface area contributed by atoms with E-state index in [-0.39, 0.29) is 48.8 Å². The smallest absolute Gasteiger partial charge is 0.303 e. The first-order valence-corrected chi connectivity index (χ1v) is 15.3. The summed E-state index contributed by atoms with van der Waals surface area (Å²) >= 11 is 0. The van der Waals surface area contributed by atoms with E-state index in [1.807, 2.05) is 30.3 Å². The molecule has 16 nitrogen and oxygen atoms in total. The highest BCUT2D eigenvalue weighted by molar-refractivity contribution is 5.91. The number of rotatable bonds is 18. The molecule has 4 rings (SSSR count). The number of benzene rings is 1. The predicted octanol–water partition coefficient (Wildman–Crippen LogP) is 1.74. The highest BCUT2D eigenvalue weighted by atomic mass is 16.7. The van der Waals surface area contributed by atoms with Crippen LogP contribution in [0.15, 0.2) is 41.5 Å². The zero-order chi connectivity index (χ0) is 33.8. The molecule has 0 spiro atoms. The fourth-order valence-electron chi connectivity index (χ4n) is 4.67. The maximum absolute atomic E-state index is 12.7. The quantitative estimate of drug-likeness (QED) is 0.148. The molecule has 4 atom stereocenters. The van der Waals surface area contributed by atoms with Crippen LogP contribution in [-0.2, 0) is 54.1 Å². The third-order valence-electron chi connectivity index (χ3n) is 6.87. The van der Waals surface area contributed by atoms with Gasteiger partial charge in [0.2, 0.25) is 11.9 Å². The van der Waals surface area contributed by atoms with E-state index in [0.717, 1.165) is 5.56 Å². The third-order valence-corrected chi connectivity index (χ3v) is 6.87. The second-order valence-electron chi connectivity index (χ2n) is 10.9. The summed E-state index contributed by atoms with van der Waals surface area (Å²) in [7, 11) is 0. The Bertz CT molecular complexity index is 1530. The zero-order valence-electron chi connectivity index (χ0n) is 26.8. The predicted molar refractivity (Wildman–Crippen MR) is 165 cm³/mol. The van der Waals surface area contributed by atoms with E-state index in [1.54, 1.807) is 13.8 Å². The zero-order valence-corrected chi connectivity index (χ0v) is 26.8. The lowest BCUT2D eigenvalue weighted by Crippen LogP contribution is -2.40. The highest BCUT2D eigenvalue weighted by Crippen LogP contribution is 2.35. The highest BCUT2D eigenvalue weighted by Gasteiger charge is 2.50. The number of aromatic nitrogens is 4. The standard InChI is InChI=1S/C31H41N5O11/c1-19(2)28(39)34-31-33-27-24(29(40)35-31)32-18-36(27)30-26(46-21(4)38)25(45-20(3)37)23(47-30)17-44-15-13-42-11-10-41-12-14-43-16-22-8-6-5-7-9-22/h5-9,18-19,23,25-26,30H,10-17H2,1-4H3,(H2,33,34,35,39,40)/t23-,25-,26-,30-/m1/s1. The lowest BCUT2D eigenvalue weighted by Gasteiger charge is -2.23. The van der Waals surface area contributed by atoms with Gasteiger partial charge in [0.25, 0.3) is 5.56 Å². The summed E-state index contributed by atoms with van der Waals surface area (Å²) < 4.78 is 41.1. The molecular weight excluding hydrogens is 618 g/mol. The summed E-state index contributed by atoms with van der Waals surface area (Å²) in [6.45, 7) is 8.41. The van der Waals surface area contributed by atoms with Crippen molar-refractivity contribution in [3.8, 4) is 0 Å². The molecule has 16 heteroatoms. The average Bonchev–Trinajstić information content (AvgIpc) is 3.59. The summed E-state index contributed by atoms with van der Waals surface area (Å²) in [5.74, 6) is -2.10. The van der Waals surface area contributed by atoms with E-state index < -0.39 is 42.0 Å². The first-order chi connectivity index (χ1) is 22.6. The summed E-state index contributed by atoms with van der Waals surface area (Å²) in [4.78, 5) is 60.1. The summed E-state index contributed by atoms with van der Waals surface area (Å²) in [6, 6.07) is 9.88. The molecule has 1 amide bonds. The largest absolute Gasteiger partial charge is 0.456 e. The van der Waals surface area contributed by atoms with Crippen LogP contribution in [0.5, 0.6) is 0 Å². The van der Waals surface area contributed by atoms with Crippen molar-refractivity contribution in [3.63, 3.8) is 0 Å². The number of carbonyl (C=O) groups is 3. The van der Waals surface area contributed by atoms with Gasteiger partial charge in [-0.3, -0.25) is 34.0 Å². The van der Waals surface area contributed by atoms with E-state index in [9.17, 15) is 19.2 Å². The molecule has 256 valence electrons. The Labute approximate surface area is 271 Å². The second kappa shape index (κ2) is 17.6. The number of anilines is 1. The number of H-pyrrole nitrogens is 1. The lowest BCUT2D eigenvalue weighted by atomic mass is 10.1. The number of aromatic amines is 1. The molecule has 1 aliphatic heterocycles. The number of amides is 1. The first-order valence-electron chi connectivity index (χ1n) is 15.3. The van der Waals surface area contributed by atoms with Gasteiger partial charge in [0.05, 0.1) is 59.2 Å². The molecule has 2 N–H and O–H groups in total. The average molecular weight is 660 g/mol. The molecular formula is C31H41N5O11. The van der Waals surface area contributed by atoms with Crippen LogP contribution in [0.3, 0.4) is 0 Å². The van der Waals surface area contributed by atoms with Crippen LogP contribution in [-0.4, -0.2) is 102 Å². The molecule has 1 aromatic carbocycles. The number of imidazole rings is 1. The van der Waals surface area contributed by atoms with Crippen LogP contribution in [0.2, 0.25) is 0 Å². The molecule has 0 aliphatic carbocycles. The topological polar surface area (TPSA) is 191 Å². The van der Waals surface area contributed by atoms with Crippen LogP contribution in [0.25, 0.3) is 11.2 Å². The van der Waals surface area contributed by atoms with Crippen LogP contribution < -0.4 is 10.9 Å². The van der Waals surface area contributed by atoms with Gasteiger partial charge in [0.15, 0.2) is 29.6 Å². The van der Waals surface area contributed by atoms with E-state index in [4.69, 9.17) is 33.2 Å². The fourth-order valence-corrected chi connectivity index (χ4v) is 4.67. The van der Waals surface area contributed by atoms with E-state index in [2.05, 4.69) is 20.3 Å². The van der Waals surface area contributed by atoms with Gasteiger partial charge in [-0.2, -0.15) is 4.98 Å². The Morgan fingerprint density at radius 1 is 0.915 bits per heavy atom. The minimum atomic E-state index is -1.14. The Hall–Kier alpha value is -4.22. The van der Waals surface area contributed by atoms with E-state index in [1.165, 1.54) is 24.7 Å². The number of nitrogens with zero attached hydrogens (tertiary/aromatic N) is 3. The van der Waals surface area contributed by atoms with Crippen LogP contribution >= 0.6 is 0 Å². The van der Waals surface area contributed by atoms with Crippen molar-refractivity contribution in [2.24, 2.45) is 5.92 Å². The first kappa shape index (κ1) is 35.6. The monoisotopic (exact) mass is 659 g/mol. The summed E-state index contributed by atoms with van der Waals surface area (Å²) in [6.07, 6.45) is -2.87. The Morgan fingerprint density at radius 3 is 2.17 bits per heavy atom. The SMILES string of the molecule is CC(=O)O[C@@H]1[C@H](OC(C)=O)[C@@H](COCCOCCOCCOCc2ccccc2)O[C@H]1n1cnc2c(=O)[nH]c(NC(=O)C(C)C)nc21. The molecule has 1 fully saturated rings. The van der Waals surface area contributed by atoms with Gasteiger partial charge in [-0.15, -0.1) is 0 Å². The minimum Gasteiger partial charge on any atom is -0.456 e. The summed E-state index contributed by atoms with van der Waals surface area (Å²) in [5, 5.41) is 2.55. The molecule has 0 unspecified atom stereocenters. The molecule has 3 heterocycles. The van der Waals surface area contributed by atoms with Crippen LogP contribution in [0, 0.1) is 5.92 Å². The minimum absolute atomic E-state index is 0.0395. The van der Waals surface area contributed by atoms with Crippen molar-refractivity contribution in [2.75, 3.05) is 51.6 Å². The molecule has 47 heavy (non-hydrogen) atoms. The third kappa shape index (κ3) is 10.4. The molecule has 0 radical (unpaired) electrons. The van der Waals surface area contributed by atoms with Crippen molar-refractivity contribution in [1.82, 2.24) is 19.5 Å². The normalized spacial score (nSPS) is 19.3. The van der Waals surface area contributed by atoms with Crippen LogP contribution in [0.4, 0.5) is 5.95 Å². The van der Waals surface area contributed by atoms with Crippen molar-refractivity contribution in [2.45, 2.75) is 58.8 Å². The Balaban J connectivity index is 1.31. The van der Waals surface area contributed by atoms with Gasteiger partial charge in [-0.1, -0.05) is 44.2 Å². The van der Waals surface area contributed by atoms with Crippen molar-refractivity contribution in [3.05, 3.63) is 52.6 Å². The number of ether oxygens (including phenoxy) is 7. The van der Waals surface area contributed by atoms with Crippen molar-refractivity contribution < 1.29 is 47.5 Å². The number of hydrogen-bond acceptors (Lipinski definition) is 13. The van der Waals surface area contributed by atoms with Crippen molar-refractivity contribution >= 4 is 35.0 Å². The molecule has 2 aromatic heterocycles. The molecule has 1 saturated heterocycles. The van der Waals surface area contributed by atoms with E-state index in [0.29, 0.717) is 33.0 Å². The van der Waals surface area contributed by atoms with Gasteiger partial charge in [0.1, 0.15) is 6.10 Å². The molecule has 3 aromatic rings. The van der Waals surface area contributed by atoms with Gasteiger partial charge in [-0.05, 0) is 5.56 Å².